The third kappa shape index (κ3) is 4.81. The van der Waals surface area contributed by atoms with E-state index < -0.39 is 0 Å². The number of nitrogens with one attached hydrogen (secondary N) is 2. The van der Waals surface area contributed by atoms with Crippen LogP contribution in [0.25, 0.3) is 0 Å². The highest BCUT2D eigenvalue weighted by molar-refractivity contribution is 7.80. The quantitative estimate of drug-likeness (QED) is 0.773. The van der Waals surface area contributed by atoms with Crippen LogP contribution in [0.1, 0.15) is 36.6 Å². The Hall–Kier alpha value is -2.38. The van der Waals surface area contributed by atoms with E-state index in [1.165, 1.54) is 11.1 Å². The van der Waals surface area contributed by atoms with Crippen molar-refractivity contribution < 1.29 is 0 Å². The standard InChI is InChI=1S/C20H23N3S/c1-14(2)19(18-7-5-4-6-15(18)3)23-20(24)22-17-10-8-16(9-11-17)12-13-21/h4-11,14,19H,12H2,1-3H3,(H2,22,23,24)/t19-/m1/s1. The summed E-state index contributed by atoms with van der Waals surface area (Å²) in [5.74, 6) is 0.406. The molecule has 0 unspecified atom stereocenters. The van der Waals surface area contributed by atoms with Crippen LogP contribution in [0.15, 0.2) is 48.5 Å². The number of benzene rings is 2. The molecule has 2 N–H and O–H groups in total. The van der Waals surface area contributed by atoms with Gasteiger partial charge in [-0.05, 0) is 53.9 Å². The summed E-state index contributed by atoms with van der Waals surface area (Å²) in [7, 11) is 0. The van der Waals surface area contributed by atoms with Crippen molar-refractivity contribution >= 4 is 23.0 Å². The molecule has 0 aliphatic heterocycles. The largest absolute Gasteiger partial charge is 0.355 e. The molecule has 24 heavy (non-hydrogen) atoms. The first kappa shape index (κ1) is 18.0. The van der Waals surface area contributed by atoms with Gasteiger partial charge in [0, 0.05) is 5.69 Å². The molecule has 0 aromatic heterocycles. The molecule has 2 aromatic rings. The Morgan fingerprint density at radius 2 is 1.79 bits per heavy atom. The van der Waals surface area contributed by atoms with E-state index in [1.807, 2.05) is 24.3 Å². The summed E-state index contributed by atoms with van der Waals surface area (Å²) in [5.41, 5.74) is 4.44. The Morgan fingerprint density at radius 3 is 2.38 bits per heavy atom. The molecular weight excluding hydrogens is 314 g/mol. The SMILES string of the molecule is Cc1ccccc1[C@H](NC(=S)Nc1ccc(CC#N)cc1)C(C)C. The first-order valence-corrected chi connectivity index (χ1v) is 8.51. The maximum atomic E-state index is 8.72. The van der Waals surface area contributed by atoms with Crippen LogP contribution in [-0.2, 0) is 6.42 Å². The number of aryl methyl sites for hydroxylation is 1. The van der Waals surface area contributed by atoms with Crippen LogP contribution in [0.2, 0.25) is 0 Å². The third-order valence-corrected chi connectivity index (χ3v) is 4.19. The van der Waals surface area contributed by atoms with Crippen molar-refractivity contribution in [3.05, 3.63) is 65.2 Å². The number of hydrogen-bond donors (Lipinski definition) is 2. The number of anilines is 1. The Labute approximate surface area is 149 Å². The van der Waals surface area contributed by atoms with Gasteiger partial charge in [-0.25, -0.2) is 0 Å². The normalized spacial score (nSPS) is 11.6. The molecular formula is C20H23N3S. The highest BCUT2D eigenvalue weighted by Crippen LogP contribution is 2.24. The number of nitriles is 1. The molecule has 0 spiro atoms. The van der Waals surface area contributed by atoms with Gasteiger partial charge in [-0.1, -0.05) is 50.2 Å². The van der Waals surface area contributed by atoms with Crippen molar-refractivity contribution in [3.8, 4) is 6.07 Å². The summed E-state index contributed by atoms with van der Waals surface area (Å²) < 4.78 is 0. The molecule has 0 radical (unpaired) electrons. The minimum absolute atomic E-state index is 0.157. The molecule has 0 bridgehead atoms. The molecule has 0 amide bonds. The van der Waals surface area contributed by atoms with Crippen LogP contribution in [0.4, 0.5) is 5.69 Å². The molecule has 0 heterocycles. The van der Waals surface area contributed by atoms with Crippen LogP contribution >= 0.6 is 12.2 Å². The molecule has 0 fully saturated rings. The van der Waals surface area contributed by atoms with Crippen LogP contribution in [0.3, 0.4) is 0 Å². The van der Waals surface area contributed by atoms with Gasteiger partial charge < -0.3 is 10.6 Å². The Kier molecular flexibility index (Phi) is 6.34. The summed E-state index contributed by atoms with van der Waals surface area (Å²) in [6.07, 6.45) is 0.422. The van der Waals surface area contributed by atoms with Gasteiger partial charge in [-0.2, -0.15) is 5.26 Å². The zero-order valence-electron chi connectivity index (χ0n) is 14.3. The van der Waals surface area contributed by atoms with Crippen molar-refractivity contribution in [2.75, 3.05) is 5.32 Å². The molecule has 2 aromatic carbocycles. The fraction of sp³-hybridized carbons (Fsp3) is 0.300. The first-order chi connectivity index (χ1) is 11.5. The predicted octanol–water partition coefficient (Wildman–Crippen LogP) is 4.74. The highest BCUT2D eigenvalue weighted by Gasteiger charge is 2.18. The van der Waals surface area contributed by atoms with E-state index >= 15 is 0 Å². The highest BCUT2D eigenvalue weighted by atomic mass is 32.1. The molecule has 2 rings (SSSR count). The zero-order valence-corrected chi connectivity index (χ0v) is 15.2. The minimum atomic E-state index is 0.157. The van der Waals surface area contributed by atoms with Gasteiger partial charge >= 0.3 is 0 Å². The molecule has 3 nitrogen and oxygen atoms in total. The Bertz CT molecular complexity index is 729. The number of thiocarbonyl (C=S) groups is 1. The van der Waals surface area contributed by atoms with Gasteiger partial charge in [0.25, 0.3) is 0 Å². The van der Waals surface area contributed by atoms with E-state index in [0.29, 0.717) is 17.5 Å². The summed E-state index contributed by atoms with van der Waals surface area (Å²) in [5, 5.41) is 16.0. The molecule has 0 saturated heterocycles. The van der Waals surface area contributed by atoms with Gasteiger partial charge in [0.2, 0.25) is 0 Å². The lowest BCUT2D eigenvalue weighted by Gasteiger charge is -2.26. The van der Waals surface area contributed by atoms with Crippen LogP contribution in [0.5, 0.6) is 0 Å². The fourth-order valence-electron chi connectivity index (χ4n) is 2.64. The van der Waals surface area contributed by atoms with Crippen LogP contribution < -0.4 is 10.6 Å². The molecule has 124 valence electrons. The molecule has 0 aliphatic carbocycles. The zero-order chi connectivity index (χ0) is 17.5. The van der Waals surface area contributed by atoms with Crippen molar-refractivity contribution in [1.82, 2.24) is 5.32 Å². The smallest absolute Gasteiger partial charge is 0.171 e. The average molecular weight is 337 g/mol. The molecule has 1 atom stereocenters. The number of hydrogen-bond acceptors (Lipinski definition) is 2. The average Bonchev–Trinajstić information content (AvgIpc) is 2.55. The van der Waals surface area contributed by atoms with Crippen molar-refractivity contribution in [1.29, 1.82) is 5.26 Å². The third-order valence-electron chi connectivity index (χ3n) is 3.97. The summed E-state index contributed by atoms with van der Waals surface area (Å²) in [6, 6.07) is 18.4. The minimum Gasteiger partial charge on any atom is -0.355 e. The van der Waals surface area contributed by atoms with Crippen molar-refractivity contribution in [3.63, 3.8) is 0 Å². The summed E-state index contributed by atoms with van der Waals surface area (Å²) >= 11 is 5.48. The van der Waals surface area contributed by atoms with Gasteiger partial charge in [0.05, 0.1) is 18.5 Å². The van der Waals surface area contributed by atoms with Crippen molar-refractivity contribution in [2.45, 2.75) is 33.2 Å². The second kappa shape index (κ2) is 8.47. The molecule has 0 saturated carbocycles. The fourth-order valence-corrected chi connectivity index (χ4v) is 2.89. The Morgan fingerprint density at radius 1 is 1.12 bits per heavy atom. The van der Waals surface area contributed by atoms with Crippen molar-refractivity contribution in [2.24, 2.45) is 5.92 Å². The van der Waals surface area contributed by atoms with Crippen LogP contribution in [-0.4, -0.2) is 5.11 Å². The maximum absolute atomic E-state index is 8.72. The second-order valence-corrected chi connectivity index (χ2v) is 6.62. The van der Waals surface area contributed by atoms with Gasteiger partial charge in [0.15, 0.2) is 5.11 Å². The molecule has 4 heteroatoms. The van der Waals surface area contributed by atoms with E-state index in [4.69, 9.17) is 17.5 Å². The van der Waals surface area contributed by atoms with Gasteiger partial charge in [0.1, 0.15) is 0 Å². The lowest BCUT2D eigenvalue weighted by molar-refractivity contribution is 0.471. The van der Waals surface area contributed by atoms with Gasteiger partial charge in [-0.3, -0.25) is 0 Å². The summed E-state index contributed by atoms with van der Waals surface area (Å²) in [6.45, 7) is 6.49. The lowest BCUT2D eigenvalue weighted by Crippen LogP contribution is -2.35. The second-order valence-electron chi connectivity index (χ2n) is 6.21. The number of rotatable bonds is 5. The van der Waals surface area contributed by atoms with E-state index in [1.54, 1.807) is 0 Å². The summed E-state index contributed by atoms with van der Waals surface area (Å²) in [4.78, 5) is 0. The first-order valence-electron chi connectivity index (χ1n) is 8.10. The maximum Gasteiger partial charge on any atom is 0.171 e. The monoisotopic (exact) mass is 337 g/mol. The lowest BCUT2D eigenvalue weighted by atomic mass is 9.93. The Balaban J connectivity index is 2.06. The van der Waals surface area contributed by atoms with Crippen LogP contribution in [0, 0.1) is 24.2 Å². The van der Waals surface area contributed by atoms with E-state index in [-0.39, 0.29) is 6.04 Å². The van der Waals surface area contributed by atoms with E-state index in [9.17, 15) is 0 Å². The van der Waals surface area contributed by atoms with Gasteiger partial charge in [-0.15, -0.1) is 0 Å². The molecule has 0 aliphatic rings. The van der Waals surface area contributed by atoms with E-state index in [2.05, 4.69) is 61.7 Å². The topological polar surface area (TPSA) is 47.8 Å². The van der Waals surface area contributed by atoms with E-state index in [0.717, 1.165) is 11.3 Å². The number of nitrogens with zero attached hydrogens (tertiary/aromatic N) is 1. The predicted molar refractivity (Wildman–Crippen MR) is 104 cm³/mol.